The average molecular weight is 407 g/mol. The van der Waals surface area contributed by atoms with Gasteiger partial charge in [0.25, 0.3) is 5.91 Å². The van der Waals surface area contributed by atoms with Crippen molar-refractivity contribution in [3.05, 3.63) is 102 Å². The Morgan fingerprint density at radius 3 is 1.90 bits per heavy atom. The van der Waals surface area contributed by atoms with E-state index in [9.17, 15) is 13.2 Å². The van der Waals surface area contributed by atoms with Gasteiger partial charge in [-0.3, -0.25) is 9.52 Å². The first-order valence-electron chi connectivity index (χ1n) is 9.08. The van der Waals surface area contributed by atoms with Crippen LogP contribution in [-0.2, 0) is 10.0 Å². The highest BCUT2D eigenvalue weighted by molar-refractivity contribution is 7.92. The predicted octanol–water partition coefficient (Wildman–Crippen LogP) is 3.63. The number of nitrogens with one attached hydrogen (secondary N) is 2. The number of benzene rings is 3. The summed E-state index contributed by atoms with van der Waals surface area (Å²) in [5.74, 6) is -0.600. The molecule has 0 fully saturated rings. The van der Waals surface area contributed by atoms with Crippen LogP contribution in [0.1, 0.15) is 28.4 Å². The van der Waals surface area contributed by atoms with E-state index in [1.54, 1.807) is 24.3 Å². The number of carbonyl (C=O) groups excluding carboxylic acids is 1. The third kappa shape index (κ3) is 5.30. The summed E-state index contributed by atoms with van der Waals surface area (Å²) in [5.41, 5.74) is 5.25. The fourth-order valence-corrected chi connectivity index (χ4v) is 3.32. The fraction of sp³-hybridized carbons (Fsp3) is 0.0909. The number of hydrazone groups is 1. The molecule has 3 aromatic carbocycles. The Bertz CT molecular complexity index is 1070. The number of hydrogen-bond donors (Lipinski definition) is 2. The molecule has 3 rings (SSSR count). The highest BCUT2D eigenvalue weighted by Gasteiger charge is 2.15. The van der Waals surface area contributed by atoms with E-state index in [4.69, 9.17) is 0 Å². The first kappa shape index (κ1) is 20.3. The second-order valence-electron chi connectivity index (χ2n) is 6.18. The Kier molecular flexibility index (Phi) is 6.41. The molecular weight excluding hydrogens is 386 g/mol. The highest BCUT2D eigenvalue weighted by Crippen LogP contribution is 2.17. The lowest BCUT2D eigenvalue weighted by atomic mass is 10.0. The van der Waals surface area contributed by atoms with Crippen LogP contribution in [0.15, 0.2) is 90.0 Å². The number of rotatable bonds is 7. The minimum Gasteiger partial charge on any atom is -0.283 e. The van der Waals surface area contributed by atoms with Crippen molar-refractivity contribution in [2.75, 3.05) is 10.5 Å². The predicted molar refractivity (Wildman–Crippen MR) is 116 cm³/mol. The first-order valence-corrected chi connectivity index (χ1v) is 10.7. The van der Waals surface area contributed by atoms with E-state index in [1.807, 2.05) is 60.7 Å². The maximum absolute atomic E-state index is 12.8. The molecule has 3 aromatic rings. The van der Waals surface area contributed by atoms with E-state index in [0.29, 0.717) is 5.71 Å². The van der Waals surface area contributed by atoms with Crippen LogP contribution in [0.4, 0.5) is 5.69 Å². The van der Waals surface area contributed by atoms with Gasteiger partial charge in [-0.05, 0) is 19.1 Å². The van der Waals surface area contributed by atoms with Crippen LogP contribution in [0.3, 0.4) is 0 Å². The minimum absolute atomic E-state index is 0.0900. The smallest absolute Gasteiger partial charge is 0.273 e. The summed E-state index contributed by atoms with van der Waals surface area (Å²) >= 11 is 0. The second-order valence-corrected chi connectivity index (χ2v) is 8.20. The topological polar surface area (TPSA) is 87.6 Å². The Labute approximate surface area is 170 Å². The molecule has 0 atom stereocenters. The number of carbonyl (C=O) groups is 1. The zero-order valence-electron chi connectivity index (χ0n) is 15.9. The molecule has 0 saturated heterocycles. The number of sulfonamides is 1. The minimum atomic E-state index is -3.51. The van der Waals surface area contributed by atoms with Gasteiger partial charge in [-0.2, -0.15) is 5.10 Å². The lowest BCUT2D eigenvalue weighted by Gasteiger charge is -2.11. The largest absolute Gasteiger partial charge is 0.283 e. The number of nitrogens with zero attached hydrogens (tertiary/aromatic N) is 1. The highest BCUT2D eigenvalue weighted by atomic mass is 32.2. The first-order chi connectivity index (χ1) is 14.0. The quantitative estimate of drug-likeness (QED) is 0.463. The molecule has 7 heteroatoms. The third-order valence-corrected chi connectivity index (χ3v) is 5.47. The van der Waals surface area contributed by atoms with Gasteiger partial charge in [0, 0.05) is 11.1 Å². The normalized spacial score (nSPS) is 10.8. The molecule has 0 bridgehead atoms. The van der Waals surface area contributed by atoms with Crippen molar-refractivity contribution in [2.24, 2.45) is 5.10 Å². The zero-order valence-corrected chi connectivity index (χ0v) is 16.7. The fourth-order valence-electron chi connectivity index (χ4n) is 2.66. The molecular formula is C22H21N3O3S. The summed E-state index contributed by atoms with van der Waals surface area (Å²) in [6.45, 7) is 1.53. The Morgan fingerprint density at radius 1 is 0.828 bits per heavy atom. The van der Waals surface area contributed by atoms with Gasteiger partial charge in [0.15, 0.2) is 0 Å². The van der Waals surface area contributed by atoms with Gasteiger partial charge in [0.2, 0.25) is 10.0 Å². The van der Waals surface area contributed by atoms with Crippen molar-refractivity contribution >= 4 is 27.3 Å². The average Bonchev–Trinajstić information content (AvgIpc) is 2.75. The van der Waals surface area contributed by atoms with Crippen LogP contribution in [0.5, 0.6) is 0 Å². The SMILES string of the molecule is CCS(=O)(=O)Nc1ccccc1C(=O)NN=C(c1ccccc1)c1ccccc1. The standard InChI is InChI=1S/C22H21N3O3S/c1-2-29(27,28)25-20-16-10-9-15-19(20)22(26)24-23-21(17-11-5-3-6-12-17)18-13-7-4-8-14-18/h3-16,25H,2H2,1H3,(H,24,26). The molecule has 0 aliphatic carbocycles. The van der Waals surface area contributed by atoms with Crippen molar-refractivity contribution in [2.45, 2.75) is 6.92 Å². The van der Waals surface area contributed by atoms with Gasteiger partial charge < -0.3 is 0 Å². The number of para-hydroxylation sites is 1. The van der Waals surface area contributed by atoms with Crippen molar-refractivity contribution in [1.82, 2.24) is 5.43 Å². The molecule has 0 aromatic heterocycles. The van der Waals surface area contributed by atoms with Gasteiger partial charge in [0.05, 0.1) is 22.7 Å². The van der Waals surface area contributed by atoms with Crippen molar-refractivity contribution in [3.63, 3.8) is 0 Å². The molecule has 0 aliphatic heterocycles. The molecule has 0 spiro atoms. The van der Waals surface area contributed by atoms with E-state index in [2.05, 4.69) is 15.2 Å². The van der Waals surface area contributed by atoms with Crippen molar-refractivity contribution in [3.8, 4) is 0 Å². The summed E-state index contributed by atoms with van der Waals surface area (Å²) in [7, 11) is -3.51. The Balaban J connectivity index is 1.92. The number of anilines is 1. The van der Waals surface area contributed by atoms with Crippen LogP contribution in [0.2, 0.25) is 0 Å². The molecule has 148 valence electrons. The van der Waals surface area contributed by atoms with Crippen LogP contribution in [-0.4, -0.2) is 25.8 Å². The van der Waals surface area contributed by atoms with E-state index >= 15 is 0 Å². The summed E-state index contributed by atoms with van der Waals surface area (Å²) in [6.07, 6.45) is 0. The second kappa shape index (κ2) is 9.16. The van der Waals surface area contributed by atoms with E-state index < -0.39 is 15.9 Å². The number of hydrogen-bond acceptors (Lipinski definition) is 4. The molecule has 29 heavy (non-hydrogen) atoms. The lowest BCUT2D eigenvalue weighted by molar-refractivity contribution is 0.0956. The maximum atomic E-state index is 12.8. The Morgan fingerprint density at radius 2 is 1.34 bits per heavy atom. The molecule has 1 amide bonds. The van der Waals surface area contributed by atoms with E-state index in [1.165, 1.54) is 6.92 Å². The monoisotopic (exact) mass is 407 g/mol. The summed E-state index contributed by atoms with van der Waals surface area (Å²) in [6, 6.07) is 25.4. The summed E-state index contributed by atoms with van der Waals surface area (Å²) < 4.78 is 26.2. The lowest BCUT2D eigenvalue weighted by Crippen LogP contribution is -2.23. The van der Waals surface area contributed by atoms with E-state index in [0.717, 1.165) is 11.1 Å². The third-order valence-electron chi connectivity index (χ3n) is 4.18. The van der Waals surface area contributed by atoms with E-state index in [-0.39, 0.29) is 17.0 Å². The van der Waals surface area contributed by atoms with Gasteiger partial charge in [-0.25, -0.2) is 13.8 Å². The van der Waals surface area contributed by atoms with Crippen LogP contribution in [0.25, 0.3) is 0 Å². The summed E-state index contributed by atoms with van der Waals surface area (Å²) in [5, 5.41) is 4.34. The van der Waals surface area contributed by atoms with Crippen LogP contribution in [0, 0.1) is 0 Å². The van der Waals surface area contributed by atoms with Gasteiger partial charge >= 0.3 is 0 Å². The molecule has 0 radical (unpaired) electrons. The Hall–Kier alpha value is -3.45. The van der Waals surface area contributed by atoms with Gasteiger partial charge in [0.1, 0.15) is 0 Å². The molecule has 2 N–H and O–H groups in total. The van der Waals surface area contributed by atoms with Crippen molar-refractivity contribution < 1.29 is 13.2 Å². The van der Waals surface area contributed by atoms with Gasteiger partial charge in [-0.1, -0.05) is 72.8 Å². The van der Waals surface area contributed by atoms with Gasteiger partial charge in [-0.15, -0.1) is 0 Å². The summed E-state index contributed by atoms with van der Waals surface area (Å²) in [4.78, 5) is 12.8. The zero-order chi connectivity index (χ0) is 20.7. The van der Waals surface area contributed by atoms with Crippen LogP contribution < -0.4 is 10.1 Å². The van der Waals surface area contributed by atoms with Crippen LogP contribution >= 0.6 is 0 Å². The molecule has 0 unspecified atom stereocenters. The molecule has 0 aliphatic rings. The number of amides is 1. The van der Waals surface area contributed by atoms with Crippen molar-refractivity contribution in [1.29, 1.82) is 0 Å². The maximum Gasteiger partial charge on any atom is 0.273 e. The molecule has 0 heterocycles. The molecule has 0 saturated carbocycles. The molecule has 6 nitrogen and oxygen atoms in total.